The molecule has 0 spiro atoms. The molecule has 10 N–H and O–H groups in total. The van der Waals surface area contributed by atoms with Crippen LogP contribution in [0.15, 0.2) is 59.5 Å². The van der Waals surface area contributed by atoms with Crippen LogP contribution in [0, 0.1) is 0 Å². The molecule has 2 bridgehead atoms. The number of hydrogen-bond donors (Lipinski definition) is 10. The van der Waals surface area contributed by atoms with Gasteiger partial charge in [0, 0.05) is 6.54 Å². The number of allylic oxidation sites excluding steroid dienone is 1. The number of aromatic hydroxyl groups is 1. The highest BCUT2D eigenvalue weighted by atomic mass is 35.5. The van der Waals surface area contributed by atoms with Crippen LogP contribution in [0.25, 0.3) is 0 Å². The Bertz CT molecular complexity index is 1830. The number of aliphatic hydroxyl groups is 2. The zero-order chi connectivity index (χ0) is 41.5. The number of carboxylic acids is 2. The maximum absolute atomic E-state index is 14.7. The van der Waals surface area contributed by atoms with Crippen LogP contribution in [-0.2, 0) is 28.8 Å². The predicted octanol–water partition coefficient (Wildman–Crippen LogP) is 0.302. The van der Waals surface area contributed by atoms with Crippen molar-refractivity contribution in [3.05, 3.63) is 70.1 Å². The van der Waals surface area contributed by atoms with Gasteiger partial charge in [0.1, 0.15) is 47.5 Å². The molecule has 18 nitrogen and oxygen atoms in total. The Morgan fingerprint density at radius 1 is 1.13 bits per heavy atom. The number of nitrogens with zero attached hydrogens (tertiary/aromatic N) is 1. The fraction of sp³-hybridized carbons (Fsp3) is 0.444. The van der Waals surface area contributed by atoms with Gasteiger partial charge in [0.15, 0.2) is 11.5 Å². The lowest BCUT2D eigenvalue weighted by Crippen LogP contribution is -2.66. The summed E-state index contributed by atoms with van der Waals surface area (Å²) in [5.41, 5.74) is -2.41. The molecule has 0 saturated heterocycles. The molecule has 7 atom stereocenters. The minimum absolute atomic E-state index is 0.0207. The van der Waals surface area contributed by atoms with Crippen LogP contribution in [0.1, 0.15) is 59.1 Å². The Kier molecular flexibility index (Phi) is 14.7. The van der Waals surface area contributed by atoms with Crippen molar-refractivity contribution < 1.29 is 59.0 Å². The maximum atomic E-state index is 14.7. The minimum Gasteiger partial charge on any atom is -0.503 e. The van der Waals surface area contributed by atoms with Crippen molar-refractivity contribution in [2.24, 2.45) is 0 Å². The number of rotatable bonds is 11. The average molecular weight is 791 g/mol. The number of hydrogen-bond acceptors (Lipinski definition) is 12. The van der Waals surface area contributed by atoms with Crippen molar-refractivity contribution >= 4 is 47.2 Å². The third kappa shape index (κ3) is 10.1. The lowest BCUT2D eigenvalue weighted by Gasteiger charge is -2.41. The molecule has 0 aliphatic carbocycles. The fourth-order valence-corrected chi connectivity index (χ4v) is 6.10. The molecular formula is C36H47ClN6O12. The van der Waals surface area contributed by atoms with E-state index in [0.29, 0.717) is 0 Å². The molecule has 2 aliphatic rings. The van der Waals surface area contributed by atoms with E-state index in [1.165, 1.54) is 52.1 Å². The van der Waals surface area contributed by atoms with Crippen LogP contribution in [0.5, 0.6) is 11.5 Å². The van der Waals surface area contributed by atoms with Gasteiger partial charge in [-0.3, -0.25) is 24.5 Å². The summed E-state index contributed by atoms with van der Waals surface area (Å²) < 4.78 is 6.33. The van der Waals surface area contributed by atoms with Gasteiger partial charge in [-0.05, 0) is 63.9 Å². The quantitative estimate of drug-likeness (QED) is 0.107. The van der Waals surface area contributed by atoms with E-state index in [0.717, 1.165) is 4.90 Å². The van der Waals surface area contributed by atoms with E-state index in [2.05, 4.69) is 27.8 Å². The molecule has 1 unspecified atom stereocenters. The summed E-state index contributed by atoms with van der Waals surface area (Å²) >= 11 is 6.34. The van der Waals surface area contributed by atoms with Crippen LogP contribution in [0.2, 0.25) is 5.02 Å². The number of carboxylic acid groups (broad SMARTS) is 2. The summed E-state index contributed by atoms with van der Waals surface area (Å²) in [6.45, 7) is 11.5. The van der Waals surface area contributed by atoms with E-state index in [4.69, 9.17) is 21.4 Å². The number of amides is 4. The standard InChI is InChI=1S/C36H47ClN6O12/c1-8-17(5)25(32(50)39-20(35(53)54)15-23(44)45)41-30(48)21-11-10-12-43(21)34(52)29-36(6,9-2)55-22-14-18(13-19(37)28(22)47)27(46)26(38-7)33(51)40-24(16(3)4)31(49)42-29/h10-11,13-15,21,24,26-27,29,31,38,42,46-47,49H,3,8-9,12H2,1-2,4-7H3,(H,39,50)(H,40,51)(H,41,48)(H,44,45)(H,53,54)/t21-,24-,26-,27-,29+,31?,36+/m0/s1. The highest BCUT2D eigenvalue weighted by molar-refractivity contribution is 6.32. The first-order chi connectivity index (χ1) is 25.7. The van der Waals surface area contributed by atoms with E-state index < -0.39 is 89.1 Å². The fourth-order valence-electron chi connectivity index (χ4n) is 5.88. The molecule has 300 valence electrons. The van der Waals surface area contributed by atoms with Crippen molar-refractivity contribution in [1.82, 2.24) is 31.5 Å². The van der Waals surface area contributed by atoms with Gasteiger partial charge in [0.2, 0.25) is 11.8 Å². The van der Waals surface area contributed by atoms with Crippen LogP contribution in [0.3, 0.4) is 0 Å². The Balaban J connectivity index is 2.11. The molecule has 0 aromatic heterocycles. The summed E-state index contributed by atoms with van der Waals surface area (Å²) in [6.07, 6.45) is 0.115. The van der Waals surface area contributed by atoms with Crippen LogP contribution in [-0.4, -0.2) is 116 Å². The lowest BCUT2D eigenvalue weighted by atomic mass is 9.90. The molecule has 55 heavy (non-hydrogen) atoms. The van der Waals surface area contributed by atoms with Gasteiger partial charge in [-0.1, -0.05) is 49.8 Å². The van der Waals surface area contributed by atoms with Gasteiger partial charge < -0.3 is 56.4 Å². The van der Waals surface area contributed by atoms with Crippen LogP contribution >= 0.6 is 11.6 Å². The number of aliphatic hydroxyl groups excluding tert-OH is 2. The zero-order valence-electron chi connectivity index (χ0n) is 31.1. The first-order valence-electron chi connectivity index (χ1n) is 17.1. The molecule has 4 amide bonds. The van der Waals surface area contributed by atoms with Crippen molar-refractivity contribution in [2.45, 2.75) is 89.6 Å². The largest absolute Gasteiger partial charge is 0.503 e. The molecule has 0 fully saturated rings. The van der Waals surface area contributed by atoms with E-state index in [9.17, 15) is 49.2 Å². The Hall–Kier alpha value is -5.27. The van der Waals surface area contributed by atoms with Gasteiger partial charge in [0.05, 0.1) is 17.1 Å². The summed E-state index contributed by atoms with van der Waals surface area (Å²) in [5, 5.41) is 64.6. The van der Waals surface area contributed by atoms with E-state index in [1.54, 1.807) is 13.8 Å². The number of benzene rings is 1. The summed E-state index contributed by atoms with van der Waals surface area (Å²) in [7, 11) is 1.42. The van der Waals surface area contributed by atoms with Crippen LogP contribution < -0.4 is 31.3 Å². The number of phenolic OH excluding ortho intramolecular Hbond substituents is 1. The second kappa shape index (κ2) is 18.4. The molecule has 2 heterocycles. The van der Waals surface area contributed by atoms with Crippen LogP contribution in [0.4, 0.5) is 0 Å². The van der Waals surface area contributed by atoms with Gasteiger partial charge in [-0.2, -0.15) is 0 Å². The van der Waals surface area contributed by atoms with E-state index >= 15 is 0 Å². The number of ether oxygens (including phenoxy) is 1. The van der Waals surface area contributed by atoms with Gasteiger partial charge in [-0.15, -0.1) is 0 Å². The number of carbonyl (C=O) groups is 6. The molecule has 1 aromatic carbocycles. The lowest BCUT2D eigenvalue weighted by molar-refractivity contribution is -0.145. The Morgan fingerprint density at radius 2 is 1.78 bits per heavy atom. The number of fused-ring (bicyclic) bond motifs is 2. The van der Waals surface area contributed by atoms with Gasteiger partial charge in [0.25, 0.3) is 11.8 Å². The number of halogens is 1. The normalized spacial score (nSPS) is 26.2. The predicted molar refractivity (Wildman–Crippen MR) is 197 cm³/mol. The van der Waals surface area contributed by atoms with Crippen molar-refractivity contribution in [1.29, 1.82) is 0 Å². The molecule has 1 aromatic rings. The van der Waals surface area contributed by atoms with Crippen molar-refractivity contribution in [2.75, 3.05) is 13.6 Å². The van der Waals surface area contributed by atoms with E-state index in [-0.39, 0.29) is 58.6 Å². The minimum atomic E-state index is -1.75. The molecule has 19 heteroatoms. The molecule has 0 radical (unpaired) electrons. The second-order valence-electron chi connectivity index (χ2n) is 13.2. The highest BCUT2D eigenvalue weighted by Crippen LogP contribution is 2.41. The smallest absolute Gasteiger partial charge is 0.352 e. The molecular weight excluding hydrogens is 744 g/mol. The van der Waals surface area contributed by atoms with Crippen molar-refractivity contribution in [3.8, 4) is 11.5 Å². The highest BCUT2D eigenvalue weighted by Gasteiger charge is 2.47. The number of aliphatic carboxylic acids is 2. The maximum Gasteiger partial charge on any atom is 0.352 e. The number of nitrogens with one attached hydrogen (secondary N) is 5. The SMILES string of the molecule is C=C(C)[C@@H]1NC(=O)[C@@H](NC)[C@@H](O)c2cc(Cl)c(O)c(c2)O[C@](C)(CC)[C@@H](C(=O)N2CC=C[C@H]2C(=O)NC(C(=O)NC(=CC(=O)O)C(=O)O)=C(C)CC)NC1O. The number of likely N-dealkylation sites (N-methyl/N-ethyl adjacent to an activating group) is 1. The second-order valence-corrected chi connectivity index (χ2v) is 13.6. The van der Waals surface area contributed by atoms with Gasteiger partial charge >= 0.3 is 11.9 Å². The summed E-state index contributed by atoms with van der Waals surface area (Å²) in [5.74, 6) is -7.82. The third-order valence-corrected chi connectivity index (χ3v) is 9.66. The zero-order valence-corrected chi connectivity index (χ0v) is 31.9. The summed E-state index contributed by atoms with van der Waals surface area (Å²) in [4.78, 5) is 79.1. The molecule has 2 aliphatic heterocycles. The Morgan fingerprint density at radius 3 is 2.33 bits per heavy atom. The monoisotopic (exact) mass is 790 g/mol. The molecule has 0 saturated carbocycles. The molecule has 3 rings (SSSR count). The van der Waals surface area contributed by atoms with Gasteiger partial charge in [-0.25, -0.2) is 9.59 Å². The average Bonchev–Trinajstić information content (AvgIpc) is 3.62. The topological polar surface area (TPSA) is 276 Å². The number of phenols is 1. The third-order valence-electron chi connectivity index (χ3n) is 9.37. The first kappa shape index (κ1) is 44.1. The Labute approximate surface area is 321 Å². The first-order valence-corrected chi connectivity index (χ1v) is 17.5. The van der Waals surface area contributed by atoms with E-state index in [1.807, 2.05) is 5.32 Å². The summed E-state index contributed by atoms with van der Waals surface area (Å²) in [6, 6.07) is -2.97. The van der Waals surface area contributed by atoms with Crippen molar-refractivity contribution in [3.63, 3.8) is 0 Å². The number of carbonyl (C=O) groups excluding carboxylic acids is 4.